The summed E-state index contributed by atoms with van der Waals surface area (Å²) >= 11 is 0. The average molecular weight is 580 g/mol. The second-order valence-corrected chi connectivity index (χ2v) is 10.9. The summed E-state index contributed by atoms with van der Waals surface area (Å²) < 4.78 is 66.5. The first-order valence-electron chi connectivity index (χ1n) is 13.5. The molecule has 13 heteroatoms. The fourth-order valence-corrected chi connectivity index (χ4v) is 5.18. The Morgan fingerprint density at radius 3 is 2.51 bits per heavy atom. The number of halogens is 5. The molecule has 3 aromatic rings. The van der Waals surface area contributed by atoms with Gasteiger partial charge in [0.25, 0.3) is 5.91 Å². The number of amides is 2. The van der Waals surface area contributed by atoms with Gasteiger partial charge in [-0.3, -0.25) is 9.59 Å². The van der Waals surface area contributed by atoms with Crippen LogP contribution in [0.1, 0.15) is 96.7 Å². The highest BCUT2D eigenvalue weighted by Crippen LogP contribution is 2.42. The SMILES string of the molecule is O=C(CCC(F)(F)F)N[C@H](O)c1cnn2cc([C@@H](NC(=O)c3cccc(C4CC4)c3)C3CCC(F)(F)CC3)nc2c1. The van der Waals surface area contributed by atoms with Crippen LogP contribution in [0.25, 0.3) is 5.65 Å². The van der Waals surface area contributed by atoms with Crippen molar-refractivity contribution in [2.75, 3.05) is 0 Å². The zero-order chi connectivity index (χ0) is 29.4. The summed E-state index contributed by atoms with van der Waals surface area (Å²) in [5.41, 5.74) is 2.26. The fourth-order valence-electron chi connectivity index (χ4n) is 5.18. The topological polar surface area (TPSA) is 109 Å². The number of alkyl halides is 5. The number of hydrogen-bond donors (Lipinski definition) is 3. The lowest BCUT2D eigenvalue weighted by molar-refractivity contribution is -0.145. The molecule has 2 saturated carbocycles. The summed E-state index contributed by atoms with van der Waals surface area (Å²) in [6.45, 7) is 0. The van der Waals surface area contributed by atoms with Gasteiger partial charge in [-0.1, -0.05) is 12.1 Å². The highest BCUT2D eigenvalue weighted by molar-refractivity contribution is 5.94. The van der Waals surface area contributed by atoms with Crippen molar-refractivity contribution in [2.45, 2.75) is 81.7 Å². The lowest BCUT2D eigenvalue weighted by Gasteiger charge is -2.33. The van der Waals surface area contributed by atoms with Crippen molar-refractivity contribution in [1.29, 1.82) is 0 Å². The molecule has 2 atom stereocenters. The molecule has 2 heterocycles. The second-order valence-electron chi connectivity index (χ2n) is 10.9. The Balaban J connectivity index is 1.36. The molecular weight excluding hydrogens is 549 g/mol. The van der Waals surface area contributed by atoms with Gasteiger partial charge in [-0.05, 0) is 61.3 Å². The van der Waals surface area contributed by atoms with Gasteiger partial charge in [-0.25, -0.2) is 18.3 Å². The van der Waals surface area contributed by atoms with Gasteiger partial charge in [0.15, 0.2) is 11.9 Å². The van der Waals surface area contributed by atoms with Crippen LogP contribution in [0.4, 0.5) is 22.0 Å². The first kappa shape index (κ1) is 28.9. The standard InChI is InChI=1S/C28H30F5N5O3/c29-27(30)9-6-17(7-10-27)24(37-25(40)19-3-1-2-18(12-19)16-4-5-16)21-15-38-22(35-21)13-20(14-34-38)26(41)36-23(39)8-11-28(31,32)33/h1-3,12-17,24,26,41H,4-11H2,(H,36,39)(H,37,40)/t24-,26+/m0/s1. The number of benzene rings is 1. The molecule has 1 aromatic carbocycles. The highest BCUT2D eigenvalue weighted by atomic mass is 19.4. The van der Waals surface area contributed by atoms with Gasteiger partial charge in [0.1, 0.15) is 0 Å². The molecule has 3 N–H and O–H groups in total. The van der Waals surface area contributed by atoms with Gasteiger partial charge in [-0.15, -0.1) is 0 Å². The Morgan fingerprint density at radius 2 is 1.83 bits per heavy atom. The van der Waals surface area contributed by atoms with E-state index in [2.05, 4.69) is 20.7 Å². The monoisotopic (exact) mass is 579 g/mol. The summed E-state index contributed by atoms with van der Waals surface area (Å²) in [6.07, 6.45) is -3.61. The first-order valence-corrected chi connectivity index (χ1v) is 13.5. The summed E-state index contributed by atoms with van der Waals surface area (Å²) in [7, 11) is 0. The third kappa shape index (κ3) is 7.38. The minimum atomic E-state index is -4.50. The van der Waals surface area contributed by atoms with E-state index in [1.165, 1.54) is 16.8 Å². The molecule has 2 aromatic heterocycles. The van der Waals surface area contributed by atoms with Crippen molar-refractivity contribution in [3.05, 3.63) is 65.1 Å². The Morgan fingerprint density at radius 1 is 1.10 bits per heavy atom. The number of nitrogens with zero attached hydrogens (tertiary/aromatic N) is 3. The van der Waals surface area contributed by atoms with Crippen LogP contribution in [-0.4, -0.2) is 43.6 Å². The number of imidazole rings is 1. The molecule has 220 valence electrons. The molecule has 0 saturated heterocycles. The maximum absolute atomic E-state index is 14.0. The maximum Gasteiger partial charge on any atom is 0.389 e. The van der Waals surface area contributed by atoms with Gasteiger partial charge in [0.2, 0.25) is 11.8 Å². The van der Waals surface area contributed by atoms with Crippen molar-refractivity contribution >= 4 is 17.5 Å². The summed E-state index contributed by atoms with van der Waals surface area (Å²) in [5.74, 6) is -3.96. The number of carbonyl (C=O) groups is 2. The third-order valence-corrected chi connectivity index (χ3v) is 7.64. The van der Waals surface area contributed by atoms with E-state index in [0.29, 0.717) is 17.2 Å². The van der Waals surface area contributed by atoms with Crippen LogP contribution in [0.2, 0.25) is 0 Å². The number of nitrogens with one attached hydrogen (secondary N) is 2. The van der Waals surface area contributed by atoms with Gasteiger partial charge < -0.3 is 15.7 Å². The van der Waals surface area contributed by atoms with Crippen molar-refractivity contribution < 1.29 is 36.6 Å². The molecule has 2 amide bonds. The quantitative estimate of drug-likeness (QED) is 0.234. The van der Waals surface area contributed by atoms with Gasteiger partial charge >= 0.3 is 6.18 Å². The van der Waals surface area contributed by atoms with E-state index < -0.39 is 43.1 Å². The number of aliphatic hydroxyl groups is 1. The van der Waals surface area contributed by atoms with Gasteiger partial charge in [-0.2, -0.15) is 18.3 Å². The van der Waals surface area contributed by atoms with E-state index in [-0.39, 0.29) is 48.7 Å². The minimum absolute atomic E-state index is 0.0878. The van der Waals surface area contributed by atoms with Gasteiger partial charge in [0, 0.05) is 30.4 Å². The van der Waals surface area contributed by atoms with Crippen molar-refractivity contribution in [3.63, 3.8) is 0 Å². The van der Waals surface area contributed by atoms with Crippen molar-refractivity contribution in [2.24, 2.45) is 5.92 Å². The predicted molar refractivity (Wildman–Crippen MR) is 137 cm³/mol. The van der Waals surface area contributed by atoms with Crippen LogP contribution >= 0.6 is 0 Å². The number of fused-ring (bicyclic) bond motifs is 1. The Kier molecular flexibility index (Phi) is 8.00. The van der Waals surface area contributed by atoms with E-state index in [1.54, 1.807) is 12.3 Å². The molecule has 41 heavy (non-hydrogen) atoms. The first-order chi connectivity index (χ1) is 19.4. The third-order valence-electron chi connectivity index (χ3n) is 7.64. The number of aliphatic hydroxyl groups excluding tert-OH is 1. The second kappa shape index (κ2) is 11.3. The van der Waals surface area contributed by atoms with E-state index >= 15 is 0 Å². The molecule has 0 unspecified atom stereocenters. The van der Waals surface area contributed by atoms with Crippen LogP contribution in [0.15, 0.2) is 42.7 Å². The molecule has 2 aliphatic rings. The van der Waals surface area contributed by atoms with Crippen LogP contribution in [0, 0.1) is 5.92 Å². The Labute approximate surface area is 232 Å². The normalized spacial score (nSPS) is 19.1. The highest BCUT2D eigenvalue weighted by Gasteiger charge is 2.39. The minimum Gasteiger partial charge on any atom is -0.369 e. The number of carbonyl (C=O) groups excluding carboxylic acids is 2. The zero-order valence-electron chi connectivity index (χ0n) is 22.0. The smallest absolute Gasteiger partial charge is 0.369 e. The zero-order valence-corrected chi connectivity index (χ0v) is 22.0. The molecule has 5 rings (SSSR count). The fraction of sp³-hybridized carbons (Fsp3) is 0.500. The summed E-state index contributed by atoms with van der Waals surface area (Å²) in [6, 6.07) is 8.06. The molecule has 8 nitrogen and oxygen atoms in total. The largest absolute Gasteiger partial charge is 0.389 e. The summed E-state index contributed by atoms with van der Waals surface area (Å²) in [5, 5.41) is 19.6. The van der Waals surface area contributed by atoms with Crippen LogP contribution in [0.5, 0.6) is 0 Å². The van der Waals surface area contributed by atoms with E-state index in [1.807, 2.05) is 18.2 Å². The van der Waals surface area contributed by atoms with Gasteiger partial charge in [0.05, 0.1) is 30.6 Å². The van der Waals surface area contributed by atoms with Crippen LogP contribution < -0.4 is 10.6 Å². The lowest BCUT2D eigenvalue weighted by atomic mass is 9.81. The van der Waals surface area contributed by atoms with Crippen LogP contribution in [0.3, 0.4) is 0 Å². The van der Waals surface area contributed by atoms with E-state index in [9.17, 15) is 36.6 Å². The predicted octanol–water partition coefficient (Wildman–Crippen LogP) is 5.35. The van der Waals surface area contributed by atoms with Crippen LogP contribution in [-0.2, 0) is 4.79 Å². The molecule has 2 aliphatic carbocycles. The number of hydrogen-bond acceptors (Lipinski definition) is 5. The maximum atomic E-state index is 14.0. The Bertz CT molecular complexity index is 1410. The Hall–Kier alpha value is -3.61. The molecule has 0 radical (unpaired) electrons. The average Bonchev–Trinajstić information content (AvgIpc) is 3.69. The lowest BCUT2D eigenvalue weighted by Crippen LogP contribution is -2.37. The molecular formula is C28H30F5N5O3. The van der Waals surface area contributed by atoms with E-state index in [4.69, 9.17) is 0 Å². The molecule has 0 spiro atoms. The number of aromatic nitrogens is 3. The van der Waals surface area contributed by atoms with Crippen molar-refractivity contribution in [1.82, 2.24) is 25.2 Å². The summed E-state index contributed by atoms with van der Waals surface area (Å²) in [4.78, 5) is 29.7. The van der Waals surface area contributed by atoms with Crippen molar-refractivity contribution in [3.8, 4) is 0 Å². The van der Waals surface area contributed by atoms with E-state index in [0.717, 1.165) is 18.4 Å². The molecule has 0 aliphatic heterocycles. The molecule has 0 bridgehead atoms. The number of rotatable bonds is 9. The molecule has 2 fully saturated rings.